The second-order valence-electron chi connectivity index (χ2n) is 6.29. The molecule has 0 N–H and O–H groups in total. The summed E-state index contributed by atoms with van der Waals surface area (Å²) in [5.74, 6) is -0.104. The van der Waals surface area contributed by atoms with Crippen molar-refractivity contribution in [3.8, 4) is 0 Å². The van der Waals surface area contributed by atoms with Crippen molar-refractivity contribution >= 4 is 62.5 Å². The van der Waals surface area contributed by atoms with Gasteiger partial charge in [-0.05, 0) is 69.5 Å². The number of carbonyl (C=O) groups is 1. The number of halogens is 3. The molecule has 0 atom stereocenters. The number of rotatable bonds is 3. The quantitative estimate of drug-likeness (QED) is 0.370. The zero-order valence-corrected chi connectivity index (χ0v) is 17.7. The molecular formula is C23H14BrCl2NO. The average Bonchev–Trinajstić information content (AvgIpc) is 3.02. The molecule has 0 aliphatic carbocycles. The molecule has 5 heteroatoms. The number of anilines is 1. The van der Waals surface area contributed by atoms with Gasteiger partial charge in [-0.2, -0.15) is 0 Å². The first-order valence-corrected chi connectivity index (χ1v) is 10.1. The molecule has 1 aliphatic heterocycles. The molecule has 4 rings (SSSR count). The highest BCUT2D eigenvalue weighted by Crippen LogP contribution is 2.37. The van der Waals surface area contributed by atoms with E-state index in [1.165, 1.54) is 0 Å². The lowest BCUT2D eigenvalue weighted by Crippen LogP contribution is -2.24. The SMILES string of the molecule is O=C1/C(=C/c2ccccc2)C=C(c2ccc(Cl)cc2)N1c1ccc(Br)c(Cl)c1. The minimum atomic E-state index is -0.104. The molecule has 1 amide bonds. The van der Waals surface area contributed by atoms with Crippen molar-refractivity contribution in [2.75, 3.05) is 4.90 Å². The topological polar surface area (TPSA) is 20.3 Å². The Bertz CT molecular complexity index is 1110. The van der Waals surface area contributed by atoms with Gasteiger partial charge in [0.25, 0.3) is 5.91 Å². The van der Waals surface area contributed by atoms with Crippen LogP contribution in [0.5, 0.6) is 0 Å². The number of nitrogens with zero attached hydrogens (tertiary/aromatic N) is 1. The average molecular weight is 471 g/mol. The summed E-state index contributed by atoms with van der Waals surface area (Å²) in [6.07, 6.45) is 3.78. The molecule has 1 heterocycles. The second-order valence-corrected chi connectivity index (χ2v) is 7.98. The summed E-state index contributed by atoms with van der Waals surface area (Å²) in [5.41, 5.74) is 3.95. The maximum Gasteiger partial charge on any atom is 0.262 e. The molecule has 2 nitrogen and oxygen atoms in total. The molecule has 0 bridgehead atoms. The molecular weight excluding hydrogens is 457 g/mol. The first kappa shape index (κ1) is 19.0. The number of hydrogen-bond donors (Lipinski definition) is 0. The van der Waals surface area contributed by atoms with E-state index < -0.39 is 0 Å². The molecule has 0 radical (unpaired) electrons. The Hall–Kier alpha value is -2.33. The highest BCUT2D eigenvalue weighted by atomic mass is 79.9. The monoisotopic (exact) mass is 469 g/mol. The third-order valence-corrected chi connectivity index (χ3v) is 5.89. The summed E-state index contributed by atoms with van der Waals surface area (Å²) >= 11 is 15.7. The van der Waals surface area contributed by atoms with Gasteiger partial charge < -0.3 is 0 Å². The summed E-state index contributed by atoms with van der Waals surface area (Å²) in [4.78, 5) is 15.0. The van der Waals surface area contributed by atoms with Crippen molar-refractivity contribution < 1.29 is 4.79 Å². The number of hydrogen-bond acceptors (Lipinski definition) is 1. The van der Waals surface area contributed by atoms with Gasteiger partial charge in [0.15, 0.2) is 0 Å². The Morgan fingerprint density at radius 2 is 1.61 bits per heavy atom. The van der Waals surface area contributed by atoms with Gasteiger partial charge in [0.05, 0.1) is 16.4 Å². The summed E-state index contributed by atoms with van der Waals surface area (Å²) in [6, 6.07) is 22.7. The fourth-order valence-electron chi connectivity index (χ4n) is 3.06. The maximum absolute atomic E-state index is 13.3. The van der Waals surface area contributed by atoms with Crippen LogP contribution in [0.2, 0.25) is 10.0 Å². The van der Waals surface area contributed by atoms with Gasteiger partial charge in [0, 0.05) is 15.1 Å². The van der Waals surface area contributed by atoms with Gasteiger partial charge in [-0.3, -0.25) is 9.69 Å². The standard InChI is InChI=1S/C23H14BrCl2NO/c24-20-11-10-19(14-21(20)26)27-22(16-6-8-18(25)9-7-16)13-17(23(27)28)12-15-4-2-1-3-5-15/h1-14H/b17-12+. The lowest BCUT2D eigenvalue weighted by molar-refractivity contribution is -0.113. The first-order chi connectivity index (χ1) is 13.5. The fraction of sp³-hybridized carbons (Fsp3) is 0. The maximum atomic E-state index is 13.3. The Kier molecular flexibility index (Phi) is 5.40. The van der Waals surface area contributed by atoms with Crippen LogP contribution in [0.3, 0.4) is 0 Å². The smallest absolute Gasteiger partial charge is 0.262 e. The third kappa shape index (κ3) is 3.79. The van der Waals surface area contributed by atoms with Crippen molar-refractivity contribution in [3.05, 3.63) is 110 Å². The van der Waals surface area contributed by atoms with E-state index in [0.29, 0.717) is 21.3 Å². The molecule has 0 saturated heterocycles. The molecule has 138 valence electrons. The van der Waals surface area contributed by atoms with Gasteiger partial charge in [-0.1, -0.05) is 65.7 Å². The number of carbonyl (C=O) groups excluding carboxylic acids is 1. The highest BCUT2D eigenvalue weighted by Gasteiger charge is 2.30. The predicted octanol–water partition coefficient (Wildman–Crippen LogP) is 7.23. The molecule has 1 aliphatic rings. The van der Waals surface area contributed by atoms with Gasteiger partial charge in [0.1, 0.15) is 0 Å². The molecule has 0 fully saturated rings. The molecule has 0 saturated carbocycles. The van der Waals surface area contributed by atoms with Crippen molar-refractivity contribution in [2.45, 2.75) is 0 Å². The predicted molar refractivity (Wildman–Crippen MR) is 120 cm³/mol. The highest BCUT2D eigenvalue weighted by molar-refractivity contribution is 9.10. The fourth-order valence-corrected chi connectivity index (χ4v) is 3.61. The summed E-state index contributed by atoms with van der Waals surface area (Å²) in [7, 11) is 0. The van der Waals surface area contributed by atoms with Crippen molar-refractivity contribution in [1.82, 2.24) is 0 Å². The lowest BCUT2D eigenvalue weighted by atomic mass is 10.1. The Labute approximate surface area is 181 Å². The Morgan fingerprint density at radius 3 is 2.29 bits per heavy atom. The zero-order chi connectivity index (χ0) is 19.7. The van der Waals surface area contributed by atoms with Gasteiger partial charge in [0.2, 0.25) is 0 Å². The summed E-state index contributed by atoms with van der Waals surface area (Å²) < 4.78 is 0.779. The largest absolute Gasteiger partial charge is 0.276 e. The van der Waals surface area contributed by atoms with Crippen LogP contribution >= 0.6 is 39.1 Å². The van der Waals surface area contributed by atoms with E-state index in [9.17, 15) is 4.79 Å². The van der Waals surface area contributed by atoms with Crippen LogP contribution in [0.25, 0.3) is 11.8 Å². The van der Waals surface area contributed by atoms with Crippen LogP contribution in [-0.4, -0.2) is 5.91 Å². The molecule has 0 aromatic heterocycles. The van der Waals surface area contributed by atoms with E-state index in [1.807, 2.05) is 78.9 Å². The molecule has 28 heavy (non-hydrogen) atoms. The second kappa shape index (κ2) is 7.96. The van der Waals surface area contributed by atoms with E-state index in [2.05, 4.69) is 15.9 Å². The molecule has 3 aromatic carbocycles. The zero-order valence-electron chi connectivity index (χ0n) is 14.6. The Balaban J connectivity index is 1.84. The normalized spacial score (nSPS) is 15.2. The molecule has 0 unspecified atom stereocenters. The van der Waals surface area contributed by atoms with Crippen molar-refractivity contribution in [3.63, 3.8) is 0 Å². The summed E-state index contributed by atoms with van der Waals surface area (Å²) in [6.45, 7) is 0. The van der Waals surface area contributed by atoms with Crippen LogP contribution < -0.4 is 4.90 Å². The Morgan fingerprint density at radius 1 is 0.893 bits per heavy atom. The van der Waals surface area contributed by atoms with Crippen LogP contribution in [-0.2, 0) is 4.79 Å². The van der Waals surface area contributed by atoms with Crippen LogP contribution in [0.15, 0.2) is 88.9 Å². The lowest BCUT2D eigenvalue weighted by Gasteiger charge is -2.21. The van der Waals surface area contributed by atoms with Gasteiger partial charge >= 0.3 is 0 Å². The van der Waals surface area contributed by atoms with Crippen LogP contribution in [0.4, 0.5) is 5.69 Å². The van der Waals surface area contributed by atoms with E-state index in [4.69, 9.17) is 23.2 Å². The van der Waals surface area contributed by atoms with Crippen LogP contribution in [0, 0.1) is 0 Å². The molecule has 0 spiro atoms. The first-order valence-electron chi connectivity index (χ1n) is 8.57. The minimum Gasteiger partial charge on any atom is -0.276 e. The van der Waals surface area contributed by atoms with Crippen molar-refractivity contribution in [1.29, 1.82) is 0 Å². The minimum absolute atomic E-state index is 0.104. The number of benzene rings is 3. The molecule has 3 aromatic rings. The van der Waals surface area contributed by atoms with Gasteiger partial charge in [-0.25, -0.2) is 0 Å². The van der Waals surface area contributed by atoms with E-state index in [0.717, 1.165) is 21.3 Å². The van der Waals surface area contributed by atoms with Gasteiger partial charge in [-0.15, -0.1) is 0 Å². The van der Waals surface area contributed by atoms with Crippen LogP contribution in [0.1, 0.15) is 11.1 Å². The van der Waals surface area contributed by atoms with Crippen molar-refractivity contribution in [2.24, 2.45) is 0 Å². The van der Waals surface area contributed by atoms with E-state index in [-0.39, 0.29) is 5.91 Å². The summed E-state index contributed by atoms with van der Waals surface area (Å²) in [5, 5.41) is 1.19. The number of amides is 1. The van der Waals surface area contributed by atoms with E-state index in [1.54, 1.807) is 11.0 Å². The van der Waals surface area contributed by atoms with E-state index >= 15 is 0 Å². The third-order valence-electron chi connectivity index (χ3n) is 4.41.